The minimum Gasteiger partial charge on any atom is -0.353 e. The van der Waals surface area contributed by atoms with Crippen molar-refractivity contribution >= 4 is 33.3 Å². The molecule has 0 bridgehead atoms. The summed E-state index contributed by atoms with van der Waals surface area (Å²) >= 11 is 1.58. The van der Waals surface area contributed by atoms with Gasteiger partial charge in [0.25, 0.3) is 5.91 Å². The number of fused-ring (bicyclic) bond motifs is 2. The van der Waals surface area contributed by atoms with E-state index in [4.69, 9.17) is 4.37 Å². The molecule has 0 saturated carbocycles. The second-order valence-corrected chi connectivity index (χ2v) is 8.47. The van der Waals surface area contributed by atoms with Crippen LogP contribution in [0.2, 0.25) is 0 Å². The molecule has 0 aliphatic carbocycles. The van der Waals surface area contributed by atoms with Crippen LogP contribution in [0, 0.1) is 6.92 Å². The number of carbonyl (C=O) groups excluding carboxylic acids is 1. The van der Waals surface area contributed by atoms with Crippen molar-refractivity contribution in [3.8, 4) is 0 Å². The SMILES string of the molecule is Cc1ccn2c1C(=O)N(CCN1CCN(c3nsc4ccccc34)CC1)CC2. The number of hydrogen-bond donors (Lipinski definition) is 0. The molecule has 2 aliphatic heterocycles. The number of aryl methyl sites for hydroxylation is 1. The lowest BCUT2D eigenvalue weighted by Gasteiger charge is -2.37. The van der Waals surface area contributed by atoms with Crippen LogP contribution in [0.25, 0.3) is 10.1 Å². The molecule has 0 radical (unpaired) electrons. The number of benzene rings is 1. The van der Waals surface area contributed by atoms with Gasteiger partial charge >= 0.3 is 0 Å². The highest BCUT2D eigenvalue weighted by Gasteiger charge is 2.27. The predicted octanol–water partition coefficient (Wildman–Crippen LogP) is 2.68. The summed E-state index contributed by atoms with van der Waals surface area (Å²) in [6.07, 6.45) is 2.03. The summed E-state index contributed by atoms with van der Waals surface area (Å²) in [6, 6.07) is 10.5. The number of amides is 1. The Morgan fingerprint density at radius 2 is 1.82 bits per heavy atom. The molecule has 0 unspecified atom stereocenters. The molecule has 5 rings (SSSR count). The van der Waals surface area contributed by atoms with Gasteiger partial charge in [-0.3, -0.25) is 9.69 Å². The van der Waals surface area contributed by atoms with Gasteiger partial charge in [-0.15, -0.1) is 0 Å². The highest BCUT2D eigenvalue weighted by molar-refractivity contribution is 7.13. The minimum atomic E-state index is 0.182. The molecular formula is C21H25N5OS. The van der Waals surface area contributed by atoms with Crippen LogP contribution in [0.3, 0.4) is 0 Å². The van der Waals surface area contributed by atoms with Crippen LogP contribution in [0.4, 0.5) is 5.82 Å². The molecule has 1 fully saturated rings. The predicted molar refractivity (Wildman–Crippen MR) is 113 cm³/mol. The first-order chi connectivity index (χ1) is 13.7. The van der Waals surface area contributed by atoms with E-state index in [1.807, 2.05) is 24.1 Å². The summed E-state index contributed by atoms with van der Waals surface area (Å²) in [7, 11) is 0. The normalized spacial score (nSPS) is 18.1. The molecule has 1 amide bonds. The standard InChI is InChI=1S/C21H25N5OS/c1-16-6-7-24-14-15-26(21(27)19(16)24)13-10-23-8-11-25(12-9-23)20-17-4-2-3-5-18(17)28-22-20/h2-7H,8-15H2,1H3. The Kier molecular flexibility index (Phi) is 4.56. The maximum Gasteiger partial charge on any atom is 0.270 e. The summed E-state index contributed by atoms with van der Waals surface area (Å²) in [6.45, 7) is 9.50. The van der Waals surface area contributed by atoms with E-state index in [0.29, 0.717) is 0 Å². The van der Waals surface area contributed by atoms with Gasteiger partial charge in [0.15, 0.2) is 0 Å². The van der Waals surface area contributed by atoms with Gasteiger partial charge in [0.05, 0.1) is 4.70 Å². The molecule has 6 nitrogen and oxygen atoms in total. The summed E-state index contributed by atoms with van der Waals surface area (Å²) in [5.74, 6) is 1.31. The van der Waals surface area contributed by atoms with Gasteiger partial charge in [-0.1, -0.05) is 12.1 Å². The maximum atomic E-state index is 12.8. The number of carbonyl (C=O) groups is 1. The third-order valence-corrected chi connectivity index (χ3v) is 6.80. The Hall–Kier alpha value is -2.38. The van der Waals surface area contributed by atoms with Crippen LogP contribution >= 0.6 is 11.5 Å². The molecule has 2 aromatic heterocycles. The Morgan fingerprint density at radius 3 is 2.68 bits per heavy atom. The van der Waals surface area contributed by atoms with E-state index in [9.17, 15) is 4.79 Å². The number of aromatic nitrogens is 2. The van der Waals surface area contributed by atoms with Gasteiger partial charge in [0.2, 0.25) is 0 Å². The topological polar surface area (TPSA) is 44.6 Å². The number of piperazine rings is 1. The van der Waals surface area contributed by atoms with Crippen LogP contribution in [0.1, 0.15) is 16.1 Å². The Morgan fingerprint density at radius 1 is 1.00 bits per heavy atom. The third kappa shape index (κ3) is 3.08. The molecule has 3 aromatic rings. The van der Waals surface area contributed by atoms with E-state index in [0.717, 1.165) is 69.4 Å². The second kappa shape index (κ2) is 7.22. The van der Waals surface area contributed by atoms with E-state index in [1.54, 1.807) is 11.5 Å². The minimum absolute atomic E-state index is 0.182. The molecule has 1 saturated heterocycles. The van der Waals surface area contributed by atoms with Crippen molar-refractivity contribution in [1.29, 1.82) is 0 Å². The van der Waals surface area contributed by atoms with E-state index < -0.39 is 0 Å². The van der Waals surface area contributed by atoms with Crippen LogP contribution < -0.4 is 4.90 Å². The molecule has 0 N–H and O–H groups in total. The van der Waals surface area contributed by atoms with Crippen molar-refractivity contribution in [2.45, 2.75) is 13.5 Å². The summed E-state index contributed by atoms with van der Waals surface area (Å²) < 4.78 is 8.03. The second-order valence-electron chi connectivity index (χ2n) is 7.66. The van der Waals surface area contributed by atoms with Gasteiger partial charge in [-0.2, -0.15) is 4.37 Å². The Labute approximate surface area is 169 Å². The van der Waals surface area contributed by atoms with Gasteiger partial charge in [0.1, 0.15) is 11.5 Å². The number of anilines is 1. The van der Waals surface area contributed by atoms with Crippen LogP contribution in [0.5, 0.6) is 0 Å². The molecule has 4 heterocycles. The van der Waals surface area contributed by atoms with Crippen LogP contribution in [0.15, 0.2) is 36.5 Å². The fraction of sp³-hybridized carbons (Fsp3) is 0.429. The molecule has 1 aromatic carbocycles. The molecule has 28 heavy (non-hydrogen) atoms. The molecule has 2 aliphatic rings. The van der Waals surface area contributed by atoms with Crippen molar-refractivity contribution < 1.29 is 4.79 Å². The van der Waals surface area contributed by atoms with Crippen LogP contribution in [-0.2, 0) is 6.54 Å². The smallest absolute Gasteiger partial charge is 0.270 e. The fourth-order valence-corrected chi connectivity index (χ4v) is 5.09. The molecular weight excluding hydrogens is 370 g/mol. The van der Waals surface area contributed by atoms with Gasteiger partial charge in [-0.05, 0) is 42.2 Å². The monoisotopic (exact) mass is 395 g/mol. The van der Waals surface area contributed by atoms with Crippen molar-refractivity contribution in [2.24, 2.45) is 0 Å². The highest BCUT2D eigenvalue weighted by Crippen LogP contribution is 2.29. The Balaban J connectivity index is 1.17. The van der Waals surface area contributed by atoms with Crippen molar-refractivity contribution in [3.05, 3.63) is 47.8 Å². The Bertz CT molecular complexity index is 1000. The van der Waals surface area contributed by atoms with E-state index >= 15 is 0 Å². The highest BCUT2D eigenvalue weighted by atomic mass is 32.1. The largest absolute Gasteiger partial charge is 0.353 e. The number of hydrogen-bond acceptors (Lipinski definition) is 5. The molecule has 0 atom stereocenters. The van der Waals surface area contributed by atoms with Crippen molar-refractivity contribution in [3.63, 3.8) is 0 Å². The van der Waals surface area contributed by atoms with Crippen molar-refractivity contribution in [2.75, 3.05) is 50.7 Å². The van der Waals surface area contributed by atoms with Gasteiger partial charge < -0.3 is 14.4 Å². The van der Waals surface area contributed by atoms with E-state index in [-0.39, 0.29) is 5.91 Å². The van der Waals surface area contributed by atoms with Crippen molar-refractivity contribution in [1.82, 2.24) is 18.7 Å². The quantitative estimate of drug-likeness (QED) is 0.681. The van der Waals surface area contributed by atoms with Crippen LogP contribution in [-0.4, -0.2) is 70.5 Å². The van der Waals surface area contributed by atoms with Gasteiger partial charge in [-0.25, -0.2) is 0 Å². The van der Waals surface area contributed by atoms with E-state index in [1.165, 1.54) is 10.1 Å². The summed E-state index contributed by atoms with van der Waals surface area (Å²) in [5, 5.41) is 1.26. The zero-order chi connectivity index (χ0) is 19.1. The fourth-order valence-electron chi connectivity index (χ4n) is 4.30. The number of nitrogens with zero attached hydrogens (tertiary/aromatic N) is 5. The number of rotatable bonds is 4. The zero-order valence-electron chi connectivity index (χ0n) is 16.2. The van der Waals surface area contributed by atoms with E-state index in [2.05, 4.69) is 38.6 Å². The molecule has 0 spiro atoms. The first kappa shape index (κ1) is 17.7. The summed E-state index contributed by atoms with van der Waals surface area (Å²) in [4.78, 5) is 19.7. The first-order valence-electron chi connectivity index (χ1n) is 9.97. The van der Waals surface area contributed by atoms with Gasteiger partial charge in [0, 0.05) is 63.9 Å². The average molecular weight is 396 g/mol. The lowest BCUT2D eigenvalue weighted by molar-refractivity contribution is 0.0680. The zero-order valence-corrected chi connectivity index (χ0v) is 17.0. The molecule has 7 heteroatoms. The average Bonchev–Trinajstić information content (AvgIpc) is 3.32. The lowest BCUT2D eigenvalue weighted by atomic mass is 10.2. The third-order valence-electron chi connectivity index (χ3n) is 5.98. The molecule has 146 valence electrons. The maximum absolute atomic E-state index is 12.8. The lowest BCUT2D eigenvalue weighted by Crippen LogP contribution is -2.50. The summed E-state index contributed by atoms with van der Waals surface area (Å²) in [5.41, 5.74) is 1.95. The first-order valence-corrected chi connectivity index (χ1v) is 10.7.